The summed E-state index contributed by atoms with van der Waals surface area (Å²) in [6, 6.07) is 13.3. The molecule has 1 heterocycles. The second-order valence-electron chi connectivity index (χ2n) is 5.99. The van der Waals surface area contributed by atoms with Gasteiger partial charge in [-0.25, -0.2) is 0 Å². The van der Waals surface area contributed by atoms with E-state index in [1.54, 1.807) is 7.11 Å². The van der Waals surface area contributed by atoms with Crippen LogP contribution in [0, 0.1) is 0 Å². The SMILES string of the molecule is C/C=C/c1ccc(OCC(=O)N[C@H]2CCOc3ccccc32)c(OC)c1. The minimum atomic E-state index is -0.175. The van der Waals surface area contributed by atoms with E-state index in [1.165, 1.54) is 0 Å². The summed E-state index contributed by atoms with van der Waals surface area (Å²) in [5, 5.41) is 3.02. The molecule has 136 valence electrons. The molecule has 0 aliphatic carbocycles. The summed E-state index contributed by atoms with van der Waals surface area (Å²) in [4.78, 5) is 12.3. The first-order valence-electron chi connectivity index (χ1n) is 8.66. The molecule has 2 aromatic rings. The molecule has 1 atom stereocenters. The van der Waals surface area contributed by atoms with Crippen molar-refractivity contribution in [2.24, 2.45) is 0 Å². The second-order valence-corrected chi connectivity index (χ2v) is 5.99. The Morgan fingerprint density at radius 2 is 2.12 bits per heavy atom. The van der Waals surface area contributed by atoms with Crippen molar-refractivity contribution < 1.29 is 19.0 Å². The Morgan fingerprint density at radius 3 is 2.92 bits per heavy atom. The molecule has 1 amide bonds. The van der Waals surface area contributed by atoms with Crippen LogP contribution in [0.5, 0.6) is 17.2 Å². The van der Waals surface area contributed by atoms with Crippen LogP contribution in [0.2, 0.25) is 0 Å². The van der Waals surface area contributed by atoms with Crippen LogP contribution >= 0.6 is 0 Å². The van der Waals surface area contributed by atoms with Crippen LogP contribution in [0.3, 0.4) is 0 Å². The van der Waals surface area contributed by atoms with Crippen LogP contribution < -0.4 is 19.5 Å². The average Bonchev–Trinajstić information content (AvgIpc) is 2.67. The van der Waals surface area contributed by atoms with Crippen LogP contribution in [0.4, 0.5) is 0 Å². The van der Waals surface area contributed by atoms with Crippen molar-refractivity contribution in [2.45, 2.75) is 19.4 Å². The van der Waals surface area contributed by atoms with E-state index in [0.717, 1.165) is 23.3 Å². The number of nitrogens with one attached hydrogen (secondary N) is 1. The maximum absolute atomic E-state index is 12.3. The molecule has 5 heteroatoms. The fraction of sp³-hybridized carbons (Fsp3) is 0.286. The first-order valence-corrected chi connectivity index (χ1v) is 8.66. The van der Waals surface area contributed by atoms with Crippen LogP contribution in [0.15, 0.2) is 48.5 Å². The van der Waals surface area contributed by atoms with Gasteiger partial charge in [-0.1, -0.05) is 36.4 Å². The summed E-state index contributed by atoms with van der Waals surface area (Å²) in [5.74, 6) is 1.80. The molecule has 1 aliphatic rings. The Labute approximate surface area is 153 Å². The van der Waals surface area contributed by atoms with E-state index in [1.807, 2.05) is 61.5 Å². The fourth-order valence-corrected chi connectivity index (χ4v) is 2.97. The van der Waals surface area contributed by atoms with Crippen molar-refractivity contribution in [2.75, 3.05) is 20.3 Å². The number of para-hydroxylation sites is 1. The zero-order valence-corrected chi connectivity index (χ0v) is 15.0. The number of ether oxygens (including phenoxy) is 3. The van der Waals surface area contributed by atoms with E-state index in [-0.39, 0.29) is 18.6 Å². The lowest BCUT2D eigenvalue weighted by atomic mass is 10.0. The maximum atomic E-state index is 12.3. The Bertz CT molecular complexity index is 800. The first-order chi connectivity index (χ1) is 12.7. The smallest absolute Gasteiger partial charge is 0.258 e. The number of allylic oxidation sites excluding steroid dienone is 1. The number of hydrogen-bond acceptors (Lipinski definition) is 4. The normalized spacial score (nSPS) is 15.8. The van der Waals surface area contributed by atoms with Crippen molar-refractivity contribution in [1.29, 1.82) is 0 Å². The molecule has 0 spiro atoms. The number of amides is 1. The zero-order chi connectivity index (χ0) is 18.4. The summed E-state index contributed by atoms with van der Waals surface area (Å²) in [6.45, 7) is 2.47. The van der Waals surface area contributed by atoms with E-state index in [9.17, 15) is 4.79 Å². The number of carbonyl (C=O) groups is 1. The quantitative estimate of drug-likeness (QED) is 0.859. The Kier molecular flexibility index (Phi) is 5.79. The average molecular weight is 353 g/mol. The molecule has 1 aliphatic heterocycles. The van der Waals surface area contributed by atoms with Gasteiger partial charge < -0.3 is 19.5 Å². The van der Waals surface area contributed by atoms with Gasteiger partial charge >= 0.3 is 0 Å². The maximum Gasteiger partial charge on any atom is 0.258 e. The number of fused-ring (bicyclic) bond motifs is 1. The summed E-state index contributed by atoms with van der Waals surface area (Å²) in [5.41, 5.74) is 2.01. The number of hydrogen-bond donors (Lipinski definition) is 1. The monoisotopic (exact) mass is 353 g/mol. The lowest BCUT2D eigenvalue weighted by Gasteiger charge is -2.26. The summed E-state index contributed by atoms with van der Waals surface area (Å²) < 4.78 is 16.6. The first kappa shape index (κ1) is 17.9. The largest absolute Gasteiger partial charge is 0.493 e. The van der Waals surface area contributed by atoms with Gasteiger partial charge in [0.05, 0.1) is 19.8 Å². The molecule has 1 N–H and O–H groups in total. The zero-order valence-electron chi connectivity index (χ0n) is 15.0. The van der Waals surface area contributed by atoms with Crippen molar-refractivity contribution in [3.63, 3.8) is 0 Å². The van der Waals surface area contributed by atoms with Gasteiger partial charge in [-0.3, -0.25) is 4.79 Å². The third kappa shape index (κ3) is 4.17. The summed E-state index contributed by atoms with van der Waals surface area (Å²) in [6.07, 6.45) is 4.67. The van der Waals surface area contributed by atoms with Gasteiger partial charge in [0.1, 0.15) is 5.75 Å². The Hall–Kier alpha value is -2.95. The topological polar surface area (TPSA) is 56.8 Å². The predicted octanol–water partition coefficient (Wildman–Crippen LogP) is 3.75. The number of benzene rings is 2. The van der Waals surface area contributed by atoms with Gasteiger partial charge in [0.25, 0.3) is 5.91 Å². The van der Waals surface area contributed by atoms with Crippen LogP contribution in [-0.2, 0) is 4.79 Å². The van der Waals surface area contributed by atoms with Crippen LogP contribution in [-0.4, -0.2) is 26.2 Å². The fourth-order valence-electron chi connectivity index (χ4n) is 2.97. The molecule has 0 saturated carbocycles. The van der Waals surface area contributed by atoms with Crippen LogP contribution in [0.25, 0.3) is 6.08 Å². The molecule has 0 radical (unpaired) electrons. The lowest BCUT2D eigenvalue weighted by Crippen LogP contribution is -2.35. The highest BCUT2D eigenvalue weighted by molar-refractivity contribution is 5.78. The number of carbonyl (C=O) groups excluding carboxylic acids is 1. The summed E-state index contributed by atoms with van der Waals surface area (Å²) in [7, 11) is 1.58. The van der Waals surface area contributed by atoms with Crippen molar-refractivity contribution in [3.05, 3.63) is 59.7 Å². The third-order valence-corrected chi connectivity index (χ3v) is 4.20. The van der Waals surface area contributed by atoms with Crippen LogP contribution in [0.1, 0.15) is 30.5 Å². The van der Waals surface area contributed by atoms with E-state index in [2.05, 4.69) is 5.32 Å². The molecule has 0 unspecified atom stereocenters. The number of methoxy groups -OCH3 is 1. The van der Waals surface area contributed by atoms with Gasteiger partial charge in [0.15, 0.2) is 18.1 Å². The van der Waals surface area contributed by atoms with Gasteiger partial charge in [-0.15, -0.1) is 0 Å². The van der Waals surface area contributed by atoms with E-state index >= 15 is 0 Å². The number of rotatable bonds is 6. The molecule has 0 fully saturated rings. The standard InChI is InChI=1S/C21H23NO4/c1-3-6-15-9-10-19(20(13-15)24-2)26-14-21(23)22-17-11-12-25-18-8-5-4-7-16(17)18/h3-10,13,17H,11-12,14H2,1-2H3,(H,22,23)/b6-3+/t17-/m0/s1. The summed E-state index contributed by atoms with van der Waals surface area (Å²) >= 11 is 0. The highest BCUT2D eigenvalue weighted by Crippen LogP contribution is 2.32. The Balaban J connectivity index is 1.61. The highest BCUT2D eigenvalue weighted by Gasteiger charge is 2.22. The minimum Gasteiger partial charge on any atom is -0.493 e. The van der Waals surface area contributed by atoms with Gasteiger partial charge in [0, 0.05) is 12.0 Å². The molecule has 3 rings (SSSR count). The third-order valence-electron chi connectivity index (χ3n) is 4.20. The van der Waals surface area contributed by atoms with Crippen molar-refractivity contribution in [3.8, 4) is 17.2 Å². The van der Waals surface area contributed by atoms with Crippen molar-refractivity contribution >= 4 is 12.0 Å². The lowest BCUT2D eigenvalue weighted by molar-refractivity contribution is -0.124. The molecule has 0 saturated heterocycles. The van der Waals surface area contributed by atoms with E-state index < -0.39 is 0 Å². The molecule has 0 bridgehead atoms. The molecule has 0 aromatic heterocycles. The van der Waals surface area contributed by atoms with Gasteiger partial charge in [-0.05, 0) is 30.7 Å². The van der Waals surface area contributed by atoms with E-state index in [0.29, 0.717) is 18.1 Å². The molecular formula is C21H23NO4. The van der Waals surface area contributed by atoms with Gasteiger partial charge in [-0.2, -0.15) is 0 Å². The molecule has 5 nitrogen and oxygen atoms in total. The predicted molar refractivity (Wildman–Crippen MR) is 101 cm³/mol. The Morgan fingerprint density at radius 1 is 1.27 bits per heavy atom. The minimum absolute atomic E-state index is 0.0602. The van der Waals surface area contributed by atoms with Crippen molar-refractivity contribution in [1.82, 2.24) is 5.32 Å². The molecule has 26 heavy (non-hydrogen) atoms. The molecule has 2 aromatic carbocycles. The molecular weight excluding hydrogens is 330 g/mol. The van der Waals surface area contributed by atoms with E-state index in [4.69, 9.17) is 14.2 Å². The highest BCUT2D eigenvalue weighted by atomic mass is 16.5. The van der Waals surface area contributed by atoms with Gasteiger partial charge in [0.2, 0.25) is 0 Å². The second kappa shape index (κ2) is 8.43.